The van der Waals surface area contributed by atoms with Crippen molar-refractivity contribution in [3.8, 4) is 0 Å². The van der Waals surface area contributed by atoms with Gasteiger partial charge in [0.2, 0.25) is 0 Å². The van der Waals surface area contributed by atoms with Gasteiger partial charge in [-0.2, -0.15) is 0 Å². The lowest BCUT2D eigenvalue weighted by atomic mass is 9.44. The van der Waals surface area contributed by atoms with Gasteiger partial charge in [0.15, 0.2) is 0 Å². The molecule has 3 aromatic carbocycles. The Balaban J connectivity index is 0.605. The maximum Gasteiger partial charge on any atom is 0.411 e. The summed E-state index contributed by atoms with van der Waals surface area (Å²) in [5.41, 5.74) is 4.42. The highest BCUT2D eigenvalue weighted by Crippen LogP contribution is 2.70. The van der Waals surface area contributed by atoms with Gasteiger partial charge < -0.3 is 18.9 Å². The molecule has 0 unspecified atom stereocenters. The molecule has 434 valence electrons. The number of hydrogen-bond acceptors (Lipinski definition) is 8. The molecule has 10 heteroatoms. The number of carbonyl (C=O) groups is 4. The summed E-state index contributed by atoms with van der Waals surface area (Å²) in [5, 5.41) is 5.97. The van der Waals surface area contributed by atoms with Gasteiger partial charge in [-0.15, -0.1) is 0 Å². The minimum Gasteiger partial charge on any atom is -0.461 e. The number of fused-ring (bicyclic) bond motifs is 10. The zero-order valence-electron chi connectivity index (χ0n) is 49.4. The molecule has 18 atom stereocenters. The van der Waals surface area contributed by atoms with Crippen LogP contribution in [0, 0.1) is 92.7 Å². The van der Waals surface area contributed by atoms with Crippen molar-refractivity contribution in [2.45, 2.75) is 208 Å². The Morgan fingerprint density at radius 1 is 0.475 bits per heavy atom. The fourth-order valence-electron chi connectivity index (χ4n) is 20.6. The fourth-order valence-corrected chi connectivity index (χ4v) is 20.6. The largest absolute Gasteiger partial charge is 0.461 e. The van der Waals surface area contributed by atoms with E-state index in [-0.39, 0.29) is 35.0 Å². The first kappa shape index (κ1) is 57.0. The summed E-state index contributed by atoms with van der Waals surface area (Å²) >= 11 is 0. The second-order valence-electron chi connectivity index (χ2n) is 28.5. The van der Waals surface area contributed by atoms with E-state index < -0.39 is 12.2 Å². The lowest BCUT2D eigenvalue weighted by molar-refractivity contribution is -0.146. The fraction of sp³-hybridized carbons (Fsp3) is 0.686. The topological polar surface area (TPSA) is 129 Å². The average molecular weight is 1090 g/mol. The van der Waals surface area contributed by atoms with Gasteiger partial charge in [0.05, 0.1) is 0 Å². The third kappa shape index (κ3) is 11.6. The molecular formula is C70H96N2O8. The van der Waals surface area contributed by atoms with Crippen LogP contribution >= 0.6 is 0 Å². The predicted molar refractivity (Wildman–Crippen MR) is 314 cm³/mol. The SMILES string of the molecule is C[C@H](CCC(=O)OCc1ccccc1)[C@H]1CC[C@H]2[C@@H]3CC[C@@H]4C[C@H](OC(=O)Nc5cccc(NC(=O)O[C@@H]6CC[C@@]7(C)[C@H](CC[C@@H]8[C@@H]7CC[C@]7(C)[C@@H]([C@H](C)CCC(=O)OCc9ccccc9)CC[C@@H]87)C6)c5)CC[C@]4(C)[C@H]3CC[C@]12C. The molecule has 0 aromatic heterocycles. The van der Waals surface area contributed by atoms with Crippen LogP contribution in [0.15, 0.2) is 84.9 Å². The minimum absolute atomic E-state index is 0.0841. The first-order chi connectivity index (χ1) is 38.5. The van der Waals surface area contributed by atoms with Crippen molar-refractivity contribution in [3.05, 3.63) is 96.1 Å². The lowest BCUT2D eigenvalue weighted by Crippen LogP contribution is -2.54. The van der Waals surface area contributed by atoms with Gasteiger partial charge in [-0.3, -0.25) is 20.2 Å². The summed E-state index contributed by atoms with van der Waals surface area (Å²) in [4.78, 5) is 52.6. The van der Waals surface area contributed by atoms with Crippen molar-refractivity contribution in [2.75, 3.05) is 10.6 Å². The van der Waals surface area contributed by atoms with Crippen LogP contribution in [0.5, 0.6) is 0 Å². The summed E-state index contributed by atoms with van der Waals surface area (Å²) in [6.45, 7) is 15.8. The molecular weight excluding hydrogens is 997 g/mol. The highest BCUT2D eigenvalue weighted by molar-refractivity contribution is 5.89. The molecule has 0 bridgehead atoms. The van der Waals surface area contributed by atoms with Crippen molar-refractivity contribution >= 4 is 35.5 Å². The first-order valence-electron chi connectivity index (χ1n) is 32.0. The van der Waals surface area contributed by atoms with E-state index in [0.29, 0.717) is 95.6 Å². The molecule has 80 heavy (non-hydrogen) atoms. The number of benzene rings is 3. The standard InChI is InChI=1S/C70H96N2O8/c1-45(20-30-63(73)77-43-47-14-9-7-10-15-47)57-26-28-59-55-24-22-49-40-53(32-36-67(49,3)61(55)34-38-69(57,59)5)79-65(75)71-51-18-13-19-52(42-51)72-66(76)80-54-33-37-68(4)50(41-54)23-25-56-60-29-27-58(70(60,6)39-35-62(56)68)46(2)21-31-64(74)78-44-48-16-11-8-12-17-48/h7-19,42,45-46,49-50,53-62H,20-41,43-44H2,1-6H3,(H,71,75)(H,72,76)/t45-,46-,49-,50-,53-,54-,55+,56+,57-,58-,59+,60+,61+,62+,67+,68+,69-,70-/m1/s1. The summed E-state index contributed by atoms with van der Waals surface area (Å²) in [6, 6.07) is 27.2. The number of carbonyl (C=O) groups excluding carboxylic acids is 4. The van der Waals surface area contributed by atoms with Crippen LogP contribution in [-0.4, -0.2) is 36.3 Å². The molecule has 10 nitrogen and oxygen atoms in total. The molecule has 0 spiro atoms. The highest BCUT2D eigenvalue weighted by atomic mass is 16.6. The van der Waals surface area contributed by atoms with Crippen LogP contribution in [0.1, 0.15) is 194 Å². The number of nitrogens with one attached hydrogen (secondary N) is 2. The number of rotatable bonds is 16. The normalized spacial score (nSPS) is 37.6. The Morgan fingerprint density at radius 2 is 0.875 bits per heavy atom. The second kappa shape index (κ2) is 23.8. The third-order valence-electron chi connectivity index (χ3n) is 24.8. The van der Waals surface area contributed by atoms with Crippen LogP contribution in [-0.2, 0) is 41.8 Å². The average Bonchev–Trinajstić information content (AvgIpc) is 4.02. The quantitative estimate of drug-likeness (QED) is 0.107. The highest BCUT2D eigenvalue weighted by Gasteiger charge is 2.63. The summed E-state index contributed by atoms with van der Waals surface area (Å²) < 4.78 is 23.7. The molecule has 8 saturated carbocycles. The van der Waals surface area contributed by atoms with E-state index in [1.807, 2.05) is 78.9 Å². The van der Waals surface area contributed by atoms with E-state index in [1.165, 1.54) is 77.0 Å². The predicted octanol–water partition coefficient (Wildman–Crippen LogP) is 17.2. The summed E-state index contributed by atoms with van der Waals surface area (Å²) in [6.07, 6.45) is 22.7. The van der Waals surface area contributed by atoms with Crippen molar-refractivity contribution in [1.29, 1.82) is 0 Å². The Labute approximate surface area is 479 Å². The number of esters is 2. The molecule has 8 aliphatic rings. The van der Waals surface area contributed by atoms with Gasteiger partial charge in [-0.25, -0.2) is 9.59 Å². The van der Waals surface area contributed by atoms with Crippen molar-refractivity contribution < 1.29 is 38.1 Å². The second-order valence-corrected chi connectivity index (χ2v) is 28.5. The zero-order valence-corrected chi connectivity index (χ0v) is 49.4. The van der Waals surface area contributed by atoms with Crippen LogP contribution in [0.4, 0.5) is 21.0 Å². The molecule has 0 aliphatic heterocycles. The lowest BCUT2D eigenvalue weighted by Gasteiger charge is -2.61. The Hall–Kier alpha value is -4.86. The molecule has 2 amide bonds. The van der Waals surface area contributed by atoms with Gasteiger partial charge >= 0.3 is 24.1 Å². The van der Waals surface area contributed by atoms with Gasteiger partial charge in [-0.1, -0.05) is 108 Å². The van der Waals surface area contributed by atoms with E-state index in [2.05, 4.69) is 52.2 Å². The monoisotopic (exact) mass is 1090 g/mol. The minimum atomic E-state index is -0.435. The van der Waals surface area contributed by atoms with E-state index in [9.17, 15) is 19.2 Å². The van der Waals surface area contributed by atoms with Crippen molar-refractivity contribution in [3.63, 3.8) is 0 Å². The molecule has 8 fully saturated rings. The number of hydrogen-bond donors (Lipinski definition) is 2. The van der Waals surface area contributed by atoms with E-state index >= 15 is 0 Å². The van der Waals surface area contributed by atoms with E-state index in [4.69, 9.17) is 18.9 Å². The van der Waals surface area contributed by atoms with Gasteiger partial charge in [0.25, 0.3) is 0 Å². The van der Waals surface area contributed by atoms with Crippen LogP contribution in [0.2, 0.25) is 0 Å². The Kier molecular flexibility index (Phi) is 16.9. The maximum absolute atomic E-state index is 13.5. The van der Waals surface area contributed by atoms with Crippen molar-refractivity contribution in [1.82, 2.24) is 0 Å². The molecule has 2 N–H and O–H groups in total. The summed E-state index contributed by atoms with van der Waals surface area (Å²) in [5.74, 6) is 7.63. The maximum atomic E-state index is 13.5. The molecule has 11 rings (SSSR count). The smallest absolute Gasteiger partial charge is 0.411 e. The molecule has 8 aliphatic carbocycles. The van der Waals surface area contributed by atoms with Gasteiger partial charge in [0, 0.05) is 24.2 Å². The molecule has 0 radical (unpaired) electrons. The Bertz CT molecular complexity index is 2470. The van der Waals surface area contributed by atoms with Crippen LogP contribution in [0.25, 0.3) is 0 Å². The number of ether oxygens (including phenoxy) is 4. The molecule has 0 saturated heterocycles. The van der Waals surface area contributed by atoms with Crippen LogP contribution < -0.4 is 10.6 Å². The number of anilines is 2. The third-order valence-corrected chi connectivity index (χ3v) is 24.8. The van der Waals surface area contributed by atoms with Crippen molar-refractivity contribution in [2.24, 2.45) is 92.7 Å². The van der Waals surface area contributed by atoms with E-state index in [0.717, 1.165) is 86.2 Å². The van der Waals surface area contributed by atoms with E-state index in [1.54, 1.807) is 6.07 Å². The zero-order chi connectivity index (χ0) is 55.8. The first-order valence-corrected chi connectivity index (χ1v) is 32.0. The molecule has 0 heterocycles. The Morgan fingerprint density at radius 3 is 1.30 bits per heavy atom. The van der Waals surface area contributed by atoms with Crippen LogP contribution in [0.3, 0.4) is 0 Å². The molecule has 3 aromatic rings. The van der Waals surface area contributed by atoms with Gasteiger partial charge in [-0.05, 0) is 250 Å². The van der Waals surface area contributed by atoms with Gasteiger partial charge in [0.1, 0.15) is 25.4 Å². The summed E-state index contributed by atoms with van der Waals surface area (Å²) in [7, 11) is 0. The number of amides is 2.